The van der Waals surface area contributed by atoms with E-state index in [0.29, 0.717) is 0 Å². The number of nitrogens with zero attached hydrogens (tertiary/aromatic N) is 1. The van der Waals surface area contributed by atoms with Gasteiger partial charge in [0, 0.05) is 29.8 Å². The molecule has 1 heterocycles. The summed E-state index contributed by atoms with van der Waals surface area (Å²) in [6, 6.07) is 18.9. The summed E-state index contributed by atoms with van der Waals surface area (Å²) in [4.78, 5) is 0. The summed E-state index contributed by atoms with van der Waals surface area (Å²) in [6.07, 6.45) is 4.03. The van der Waals surface area contributed by atoms with Gasteiger partial charge in [0.15, 0.2) is 0 Å². The van der Waals surface area contributed by atoms with Crippen LogP contribution in [0.4, 0.5) is 10.1 Å². The molecule has 0 aliphatic rings. The minimum absolute atomic E-state index is 0.116. The molecule has 0 saturated heterocycles. The number of benzene rings is 2. The van der Waals surface area contributed by atoms with Crippen LogP contribution in [0.1, 0.15) is 18.5 Å². The molecule has 0 spiro atoms. The Labute approximate surface area is 123 Å². The van der Waals surface area contributed by atoms with Crippen molar-refractivity contribution in [1.82, 2.24) is 4.57 Å². The van der Waals surface area contributed by atoms with Gasteiger partial charge < -0.3 is 9.88 Å². The van der Waals surface area contributed by atoms with E-state index in [1.54, 1.807) is 0 Å². The Kier molecular flexibility index (Phi) is 3.73. The van der Waals surface area contributed by atoms with Gasteiger partial charge in [0.1, 0.15) is 5.82 Å². The lowest BCUT2D eigenvalue weighted by Gasteiger charge is -2.16. The van der Waals surface area contributed by atoms with E-state index in [9.17, 15) is 4.39 Å². The van der Waals surface area contributed by atoms with Crippen molar-refractivity contribution >= 4 is 5.69 Å². The molecule has 3 heteroatoms. The third-order valence-electron chi connectivity index (χ3n) is 3.50. The molecule has 3 rings (SSSR count). The zero-order valence-corrected chi connectivity index (χ0v) is 11.8. The highest BCUT2D eigenvalue weighted by molar-refractivity contribution is 5.52. The predicted molar refractivity (Wildman–Crippen MR) is 84.2 cm³/mol. The van der Waals surface area contributed by atoms with Crippen molar-refractivity contribution in [2.75, 3.05) is 5.32 Å². The Balaban J connectivity index is 1.78. The quantitative estimate of drug-likeness (QED) is 0.727. The molecule has 3 aromatic rings. The molecule has 106 valence electrons. The molecule has 0 bridgehead atoms. The van der Waals surface area contributed by atoms with E-state index in [-0.39, 0.29) is 11.9 Å². The van der Waals surface area contributed by atoms with E-state index < -0.39 is 0 Å². The highest BCUT2D eigenvalue weighted by atomic mass is 19.1. The summed E-state index contributed by atoms with van der Waals surface area (Å²) < 4.78 is 15.0. The van der Waals surface area contributed by atoms with Gasteiger partial charge in [-0.15, -0.1) is 0 Å². The van der Waals surface area contributed by atoms with E-state index in [1.807, 2.05) is 48.8 Å². The fraction of sp³-hybridized carbons (Fsp3) is 0.111. The largest absolute Gasteiger partial charge is 0.378 e. The third kappa shape index (κ3) is 3.14. The Morgan fingerprint density at radius 1 is 0.952 bits per heavy atom. The summed E-state index contributed by atoms with van der Waals surface area (Å²) >= 11 is 0. The number of hydrogen-bond acceptors (Lipinski definition) is 1. The molecule has 21 heavy (non-hydrogen) atoms. The molecule has 1 aromatic heterocycles. The van der Waals surface area contributed by atoms with Crippen LogP contribution in [0.3, 0.4) is 0 Å². The monoisotopic (exact) mass is 280 g/mol. The second kappa shape index (κ2) is 5.83. The van der Waals surface area contributed by atoms with Crippen molar-refractivity contribution in [2.45, 2.75) is 13.0 Å². The number of nitrogens with one attached hydrogen (secondary N) is 1. The maximum atomic E-state index is 13.0. The Morgan fingerprint density at radius 3 is 2.38 bits per heavy atom. The minimum Gasteiger partial charge on any atom is -0.378 e. The molecule has 2 aromatic carbocycles. The number of halogens is 1. The Hall–Kier alpha value is -2.55. The number of anilines is 1. The summed E-state index contributed by atoms with van der Waals surface area (Å²) in [6.45, 7) is 2.07. The molecule has 1 unspecified atom stereocenters. The van der Waals surface area contributed by atoms with Crippen LogP contribution in [-0.2, 0) is 0 Å². The van der Waals surface area contributed by atoms with Crippen LogP contribution in [-0.4, -0.2) is 4.57 Å². The molecule has 1 N–H and O–H groups in total. The summed E-state index contributed by atoms with van der Waals surface area (Å²) in [5.41, 5.74) is 3.21. The van der Waals surface area contributed by atoms with Gasteiger partial charge >= 0.3 is 0 Å². The van der Waals surface area contributed by atoms with Gasteiger partial charge in [0.05, 0.1) is 0 Å². The van der Waals surface area contributed by atoms with Crippen molar-refractivity contribution in [3.8, 4) is 5.69 Å². The Bertz CT molecular complexity index is 702. The highest BCUT2D eigenvalue weighted by Crippen LogP contribution is 2.21. The zero-order valence-electron chi connectivity index (χ0n) is 11.8. The topological polar surface area (TPSA) is 17.0 Å². The van der Waals surface area contributed by atoms with Gasteiger partial charge in [-0.25, -0.2) is 4.39 Å². The fourth-order valence-corrected chi connectivity index (χ4v) is 2.35. The standard InChI is InChI=1S/C18H17FN2/c1-14(15-7-9-16(19)10-8-15)20-17-5-4-6-18(13-17)21-11-2-3-12-21/h2-14,20H,1H3. The predicted octanol–water partition coefficient (Wildman–Crippen LogP) is 4.79. The number of rotatable bonds is 4. The zero-order chi connectivity index (χ0) is 14.7. The second-order valence-electron chi connectivity index (χ2n) is 5.06. The average Bonchev–Trinajstić information content (AvgIpc) is 3.02. The van der Waals surface area contributed by atoms with E-state index in [2.05, 4.69) is 28.9 Å². The van der Waals surface area contributed by atoms with Gasteiger partial charge in [0.25, 0.3) is 0 Å². The maximum Gasteiger partial charge on any atom is 0.123 e. The first kappa shape index (κ1) is 13.4. The fourth-order valence-electron chi connectivity index (χ4n) is 2.35. The second-order valence-corrected chi connectivity index (χ2v) is 5.06. The lowest BCUT2D eigenvalue weighted by molar-refractivity contribution is 0.626. The first-order chi connectivity index (χ1) is 10.2. The van der Waals surface area contributed by atoms with Gasteiger partial charge in [0.2, 0.25) is 0 Å². The number of aromatic nitrogens is 1. The van der Waals surface area contributed by atoms with Crippen LogP contribution < -0.4 is 5.32 Å². The van der Waals surface area contributed by atoms with Crippen molar-refractivity contribution in [2.24, 2.45) is 0 Å². The average molecular weight is 280 g/mol. The Morgan fingerprint density at radius 2 is 1.67 bits per heavy atom. The normalized spacial score (nSPS) is 12.1. The van der Waals surface area contributed by atoms with Gasteiger partial charge in [-0.05, 0) is 55.0 Å². The van der Waals surface area contributed by atoms with E-state index in [1.165, 1.54) is 12.1 Å². The summed E-state index contributed by atoms with van der Waals surface area (Å²) in [5.74, 6) is -0.208. The molecular formula is C18H17FN2. The van der Waals surface area contributed by atoms with E-state index in [0.717, 1.165) is 16.9 Å². The molecule has 0 aliphatic heterocycles. The van der Waals surface area contributed by atoms with Crippen LogP contribution in [0, 0.1) is 5.82 Å². The van der Waals surface area contributed by atoms with Crippen molar-refractivity contribution in [3.63, 3.8) is 0 Å². The molecule has 0 amide bonds. The lowest BCUT2D eigenvalue weighted by Crippen LogP contribution is -2.06. The number of hydrogen-bond donors (Lipinski definition) is 1. The van der Waals surface area contributed by atoms with Crippen LogP contribution in [0.15, 0.2) is 73.1 Å². The SMILES string of the molecule is CC(Nc1cccc(-n2cccc2)c1)c1ccc(F)cc1. The van der Waals surface area contributed by atoms with Crippen LogP contribution >= 0.6 is 0 Å². The molecule has 0 saturated carbocycles. The molecule has 0 fully saturated rings. The smallest absolute Gasteiger partial charge is 0.123 e. The molecular weight excluding hydrogens is 263 g/mol. The molecule has 0 radical (unpaired) electrons. The van der Waals surface area contributed by atoms with Crippen molar-refractivity contribution < 1.29 is 4.39 Å². The van der Waals surface area contributed by atoms with E-state index >= 15 is 0 Å². The highest BCUT2D eigenvalue weighted by Gasteiger charge is 2.06. The molecule has 2 nitrogen and oxygen atoms in total. The van der Waals surface area contributed by atoms with Gasteiger partial charge in [-0.3, -0.25) is 0 Å². The first-order valence-corrected chi connectivity index (χ1v) is 6.98. The lowest BCUT2D eigenvalue weighted by atomic mass is 10.1. The first-order valence-electron chi connectivity index (χ1n) is 6.98. The molecule has 0 aliphatic carbocycles. The van der Waals surface area contributed by atoms with Gasteiger partial charge in [-0.2, -0.15) is 0 Å². The summed E-state index contributed by atoms with van der Waals surface area (Å²) in [7, 11) is 0. The van der Waals surface area contributed by atoms with Crippen LogP contribution in [0.25, 0.3) is 5.69 Å². The van der Waals surface area contributed by atoms with Crippen LogP contribution in [0.5, 0.6) is 0 Å². The van der Waals surface area contributed by atoms with Crippen molar-refractivity contribution in [1.29, 1.82) is 0 Å². The summed E-state index contributed by atoms with van der Waals surface area (Å²) in [5, 5.41) is 3.44. The van der Waals surface area contributed by atoms with Crippen molar-refractivity contribution in [3.05, 3.63) is 84.4 Å². The maximum absolute atomic E-state index is 13.0. The van der Waals surface area contributed by atoms with Crippen LogP contribution in [0.2, 0.25) is 0 Å². The van der Waals surface area contributed by atoms with E-state index in [4.69, 9.17) is 0 Å². The van der Waals surface area contributed by atoms with Gasteiger partial charge in [-0.1, -0.05) is 18.2 Å². The third-order valence-corrected chi connectivity index (χ3v) is 3.50. The molecule has 1 atom stereocenters. The minimum atomic E-state index is -0.208.